The van der Waals surface area contributed by atoms with E-state index in [2.05, 4.69) is 20.6 Å². The molecule has 8 heteroatoms. The Balaban J connectivity index is 2.35. The average Bonchev–Trinajstić information content (AvgIpc) is 2.27. The third kappa shape index (κ3) is 3.88. The number of aliphatic hydroxyl groups excluding tert-OH is 1. The highest BCUT2D eigenvalue weighted by Gasteiger charge is 2.13. The lowest BCUT2D eigenvalue weighted by molar-refractivity contribution is -0.146. The second kappa shape index (κ2) is 5.61. The van der Waals surface area contributed by atoms with Crippen LogP contribution in [0.25, 0.3) is 0 Å². The van der Waals surface area contributed by atoms with E-state index in [0.29, 0.717) is 5.69 Å². The van der Waals surface area contributed by atoms with Gasteiger partial charge in [0.2, 0.25) is 0 Å². The van der Waals surface area contributed by atoms with Gasteiger partial charge in [0.1, 0.15) is 6.33 Å². The van der Waals surface area contributed by atoms with Crippen LogP contribution in [0.4, 0.5) is 10.5 Å². The number of nitrogens with zero attached hydrogens (tertiary/aromatic N) is 2. The van der Waals surface area contributed by atoms with E-state index in [1.807, 2.05) is 0 Å². The lowest BCUT2D eigenvalue weighted by atomic mass is 10.4. The summed E-state index contributed by atoms with van der Waals surface area (Å²) in [4.78, 5) is 28.7. The van der Waals surface area contributed by atoms with E-state index in [4.69, 9.17) is 10.2 Å². The lowest BCUT2D eigenvalue weighted by Gasteiger charge is -2.08. The SMILES string of the molecule is O=C(NCC(O)C(=O)O)Nc1cncnc1. The van der Waals surface area contributed by atoms with Crippen molar-refractivity contribution >= 4 is 17.7 Å². The van der Waals surface area contributed by atoms with Crippen LogP contribution in [0.1, 0.15) is 0 Å². The molecular weight excluding hydrogens is 216 g/mol. The number of carbonyl (C=O) groups is 2. The Bertz CT molecular complexity index is 370. The van der Waals surface area contributed by atoms with Crippen molar-refractivity contribution in [2.75, 3.05) is 11.9 Å². The molecule has 86 valence electrons. The van der Waals surface area contributed by atoms with Gasteiger partial charge in [-0.1, -0.05) is 0 Å². The predicted molar refractivity (Wildman–Crippen MR) is 52.7 cm³/mol. The number of anilines is 1. The summed E-state index contributed by atoms with van der Waals surface area (Å²) in [6, 6.07) is -0.643. The van der Waals surface area contributed by atoms with E-state index in [9.17, 15) is 9.59 Å². The maximum absolute atomic E-state index is 11.2. The number of nitrogens with one attached hydrogen (secondary N) is 2. The van der Waals surface area contributed by atoms with Crippen molar-refractivity contribution in [3.05, 3.63) is 18.7 Å². The van der Waals surface area contributed by atoms with Gasteiger partial charge < -0.3 is 20.8 Å². The second-order valence-corrected chi connectivity index (χ2v) is 2.82. The van der Waals surface area contributed by atoms with Gasteiger partial charge in [-0.15, -0.1) is 0 Å². The molecule has 4 N–H and O–H groups in total. The number of hydrogen-bond acceptors (Lipinski definition) is 5. The number of carbonyl (C=O) groups excluding carboxylic acids is 1. The third-order valence-electron chi connectivity index (χ3n) is 1.56. The smallest absolute Gasteiger partial charge is 0.334 e. The lowest BCUT2D eigenvalue weighted by Crippen LogP contribution is -2.38. The van der Waals surface area contributed by atoms with E-state index in [-0.39, 0.29) is 6.54 Å². The van der Waals surface area contributed by atoms with E-state index in [1.54, 1.807) is 0 Å². The van der Waals surface area contributed by atoms with E-state index in [0.717, 1.165) is 0 Å². The molecule has 0 aliphatic carbocycles. The molecule has 0 spiro atoms. The monoisotopic (exact) mass is 226 g/mol. The van der Waals surface area contributed by atoms with Gasteiger partial charge in [-0.3, -0.25) is 0 Å². The number of urea groups is 1. The van der Waals surface area contributed by atoms with Gasteiger partial charge in [0.25, 0.3) is 0 Å². The zero-order valence-electron chi connectivity index (χ0n) is 8.12. The molecule has 1 heterocycles. The minimum Gasteiger partial charge on any atom is -0.479 e. The first-order valence-electron chi connectivity index (χ1n) is 4.30. The molecule has 1 atom stereocenters. The van der Waals surface area contributed by atoms with Crippen LogP contribution in [-0.4, -0.2) is 44.8 Å². The third-order valence-corrected chi connectivity index (χ3v) is 1.56. The first kappa shape index (κ1) is 11.9. The van der Waals surface area contributed by atoms with Crippen LogP contribution in [0.2, 0.25) is 0 Å². The van der Waals surface area contributed by atoms with Crippen LogP contribution in [0.15, 0.2) is 18.7 Å². The van der Waals surface area contributed by atoms with Crippen molar-refractivity contribution < 1.29 is 19.8 Å². The van der Waals surface area contributed by atoms with Gasteiger partial charge in [-0.05, 0) is 0 Å². The topological polar surface area (TPSA) is 124 Å². The normalized spacial score (nSPS) is 11.6. The van der Waals surface area contributed by atoms with Gasteiger partial charge in [-0.25, -0.2) is 19.6 Å². The maximum atomic E-state index is 11.2. The van der Waals surface area contributed by atoms with Crippen LogP contribution < -0.4 is 10.6 Å². The molecule has 2 amide bonds. The van der Waals surface area contributed by atoms with Crippen LogP contribution in [0.3, 0.4) is 0 Å². The van der Waals surface area contributed by atoms with Crippen molar-refractivity contribution in [2.45, 2.75) is 6.10 Å². The molecule has 0 saturated heterocycles. The Morgan fingerprint density at radius 1 is 1.38 bits per heavy atom. The van der Waals surface area contributed by atoms with E-state index >= 15 is 0 Å². The molecule has 8 nitrogen and oxygen atoms in total. The molecule has 0 aliphatic heterocycles. The summed E-state index contributed by atoms with van der Waals surface area (Å²) in [6.45, 7) is -0.380. The molecule has 1 aromatic rings. The molecule has 0 saturated carbocycles. The molecular formula is C8H10N4O4. The van der Waals surface area contributed by atoms with Crippen molar-refractivity contribution in [3.63, 3.8) is 0 Å². The Morgan fingerprint density at radius 3 is 2.56 bits per heavy atom. The van der Waals surface area contributed by atoms with Crippen LogP contribution >= 0.6 is 0 Å². The molecule has 0 fully saturated rings. The summed E-state index contributed by atoms with van der Waals surface area (Å²) in [6.07, 6.45) is 2.43. The standard InChI is InChI=1S/C8H10N4O4/c13-6(7(14)15)3-11-8(16)12-5-1-9-4-10-2-5/h1-2,4,6,13H,3H2,(H,14,15)(H2,11,12,16). The van der Waals surface area contributed by atoms with Crippen molar-refractivity contribution in [1.82, 2.24) is 15.3 Å². The summed E-state index contributed by atoms with van der Waals surface area (Å²) >= 11 is 0. The molecule has 0 bridgehead atoms. The summed E-state index contributed by atoms with van der Waals surface area (Å²) < 4.78 is 0. The molecule has 0 aliphatic rings. The fourth-order valence-corrected chi connectivity index (χ4v) is 0.816. The number of carboxylic acids is 1. The van der Waals surface area contributed by atoms with Gasteiger partial charge in [0, 0.05) is 0 Å². The Hall–Kier alpha value is -2.22. The highest BCUT2D eigenvalue weighted by atomic mass is 16.4. The van der Waals surface area contributed by atoms with Gasteiger partial charge >= 0.3 is 12.0 Å². The molecule has 16 heavy (non-hydrogen) atoms. The first-order chi connectivity index (χ1) is 7.59. The maximum Gasteiger partial charge on any atom is 0.334 e. The number of aromatic nitrogens is 2. The highest BCUT2D eigenvalue weighted by Crippen LogP contribution is 1.99. The fraction of sp³-hybridized carbons (Fsp3) is 0.250. The van der Waals surface area contributed by atoms with Gasteiger partial charge in [-0.2, -0.15) is 0 Å². The van der Waals surface area contributed by atoms with Crippen LogP contribution in [0, 0.1) is 0 Å². The molecule has 1 aromatic heterocycles. The molecule has 1 unspecified atom stereocenters. The number of hydrogen-bond donors (Lipinski definition) is 4. The van der Waals surface area contributed by atoms with Crippen LogP contribution in [-0.2, 0) is 4.79 Å². The second-order valence-electron chi connectivity index (χ2n) is 2.82. The number of aliphatic carboxylic acids is 1. The van der Waals surface area contributed by atoms with E-state index in [1.165, 1.54) is 18.7 Å². The average molecular weight is 226 g/mol. The minimum absolute atomic E-state index is 0.366. The number of carboxylic acid groups (broad SMARTS) is 1. The quantitative estimate of drug-likeness (QED) is 0.524. The molecule has 0 aromatic carbocycles. The van der Waals surface area contributed by atoms with Crippen molar-refractivity contribution in [2.24, 2.45) is 0 Å². The number of amides is 2. The number of rotatable bonds is 4. The zero-order valence-corrected chi connectivity index (χ0v) is 8.12. The Kier molecular flexibility index (Phi) is 4.16. The Morgan fingerprint density at radius 2 is 2.00 bits per heavy atom. The first-order valence-corrected chi connectivity index (χ1v) is 4.30. The van der Waals surface area contributed by atoms with E-state index < -0.39 is 18.1 Å². The molecule has 1 rings (SSSR count). The highest BCUT2D eigenvalue weighted by molar-refractivity contribution is 5.89. The van der Waals surface area contributed by atoms with Gasteiger partial charge in [0.05, 0.1) is 24.6 Å². The van der Waals surface area contributed by atoms with Gasteiger partial charge in [0.15, 0.2) is 6.10 Å². The van der Waals surface area contributed by atoms with Crippen molar-refractivity contribution in [3.8, 4) is 0 Å². The Labute approximate surface area is 90.3 Å². The summed E-state index contributed by atoms with van der Waals surface area (Å²) in [7, 11) is 0. The van der Waals surface area contributed by atoms with Crippen LogP contribution in [0.5, 0.6) is 0 Å². The number of aliphatic hydroxyl groups is 1. The fourth-order valence-electron chi connectivity index (χ4n) is 0.816. The summed E-state index contributed by atoms with van der Waals surface area (Å²) in [5.41, 5.74) is 0.366. The summed E-state index contributed by atoms with van der Waals surface area (Å²) in [5.74, 6) is -1.40. The molecule has 0 radical (unpaired) electrons. The van der Waals surface area contributed by atoms with Crippen molar-refractivity contribution in [1.29, 1.82) is 0 Å². The predicted octanol–water partition coefficient (Wildman–Crippen LogP) is -0.956. The summed E-state index contributed by atoms with van der Waals surface area (Å²) in [5, 5.41) is 21.8. The zero-order chi connectivity index (χ0) is 12.0. The largest absolute Gasteiger partial charge is 0.479 e. The minimum atomic E-state index is -1.63.